The fourth-order valence-corrected chi connectivity index (χ4v) is 1.49. The number of guanidine groups is 1. The first kappa shape index (κ1) is 20.2. The van der Waals surface area contributed by atoms with E-state index in [9.17, 15) is 4.79 Å². The average Bonchev–Trinajstić information content (AvgIpc) is 2.49. The maximum Gasteiger partial charge on any atom is 0.251 e. The minimum absolute atomic E-state index is 0. The number of nitrogens with two attached hydrogens (primary N) is 1. The van der Waals surface area contributed by atoms with Crippen LogP contribution < -0.4 is 21.1 Å². The van der Waals surface area contributed by atoms with Crippen LogP contribution in [-0.4, -0.2) is 38.6 Å². The zero-order valence-corrected chi connectivity index (χ0v) is 15.2. The van der Waals surface area contributed by atoms with Crippen LogP contribution >= 0.6 is 24.0 Å². The SMILES string of the molecule is C=C(C)CN=C(N)NCCNC(=O)c1ccc(OC)cc1.I. The summed E-state index contributed by atoms with van der Waals surface area (Å²) in [5.41, 5.74) is 7.17. The maximum absolute atomic E-state index is 11.9. The zero-order valence-electron chi connectivity index (χ0n) is 12.9. The van der Waals surface area contributed by atoms with E-state index in [4.69, 9.17) is 10.5 Å². The van der Waals surface area contributed by atoms with Gasteiger partial charge in [0.2, 0.25) is 0 Å². The number of amides is 1. The third kappa shape index (κ3) is 7.87. The number of rotatable bonds is 7. The molecule has 6 nitrogen and oxygen atoms in total. The molecule has 0 atom stereocenters. The van der Waals surface area contributed by atoms with E-state index >= 15 is 0 Å². The maximum atomic E-state index is 11.9. The number of methoxy groups -OCH3 is 1. The van der Waals surface area contributed by atoms with Gasteiger partial charge in [0.05, 0.1) is 13.7 Å². The van der Waals surface area contributed by atoms with E-state index in [0.717, 1.165) is 11.3 Å². The molecule has 1 rings (SSSR count). The van der Waals surface area contributed by atoms with E-state index in [1.807, 2.05) is 6.92 Å². The second kappa shape index (κ2) is 10.9. The normalized spacial score (nSPS) is 10.4. The molecule has 0 aliphatic heterocycles. The Bertz CT molecular complexity index is 515. The number of aliphatic imine (C=N–C) groups is 1. The molecule has 0 radical (unpaired) electrons. The molecular formula is C15H23IN4O2. The lowest BCUT2D eigenvalue weighted by atomic mass is 10.2. The second-order valence-electron chi connectivity index (χ2n) is 4.57. The van der Waals surface area contributed by atoms with E-state index in [0.29, 0.717) is 31.2 Å². The molecule has 0 bridgehead atoms. The Kier molecular flexibility index (Phi) is 10.0. The predicted molar refractivity (Wildman–Crippen MR) is 100 cm³/mol. The number of hydrogen-bond acceptors (Lipinski definition) is 3. The number of nitrogens with zero attached hydrogens (tertiary/aromatic N) is 1. The van der Waals surface area contributed by atoms with Crippen molar-refractivity contribution in [3.63, 3.8) is 0 Å². The molecule has 0 fully saturated rings. The topological polar surface area (TPSA) is 88.7 Å². The molecule has 0 heterocycles. The van der Waals surface area contributed by atoms with E-state index in [1.54, 1.807) is 31.4 Å². The summed E-state index contributed by atoms with van der Waals surface area (Å²) in [6, 6.07) is 6.92. The van der Waals surface area contributed by atoms with Crippen LogP contribution in [0.3, 0.4) is 0 Å². The van der Waals surface area contributed by atoms with Gasteiger partial charge >= 0.3 is 0 Å². The lowest BCUT2D eigenvalue weighted by Gasteiger charge is -2.08. The van der Waals surface area contributed by atoms with Crippen molar-refractivity contribution in [1.82, 2.24) is 10.6 Å². The number of halogens is 1. The molecule has 0 spiro atoms. The number of ether oxygens (including phenoxy) is 1. The van der Waals surface area contributed by atoms with Crippen molar-refractivity contribution in [2.45, 2.75) is 6.92 Å². The average molecular weight is 418 g/mol. The molecule has 1 amide bonds. The number of carbonyl (C=O) groups excluding carboxylic acids is 1. The molecule has 22 heavy (non-hydrogen) atoms. The summed E-state index contributed by atoms with van der Waals surface area (Å²) in [6.45, 7) is 7.07. The highest BCUT2D eigenvalue weighted by molar-refractivity contribution is 14.0. The Morgan fingerprint density at radius 3 is 2.41 bits per heavy atom. The van der Waals surface area contributed by atoms with Crippen molar-refractivity contribution in [1.29, 1.82) is 0 Å². The van der Waals surface area contributed by atoms with Gasteiger partial charge in [-0.05, 0) is 31.2 Å². The summed E-state index contributed by atoms with van der Waals surface area (Å²) in [5, 5.41) is 5.70. The Morgan fingerprint density at radius 2 is 1.86 bits per heavy atom. The van der Waals surface area contributed by atoms with Gasteiger partial charge in [-0.25, -0.2) is 4.99 Å². The van der Waals surface area contributed by atoms with Crippen molar-refractivity contribution in [2.24, 2.45) is 10.7 Å². The van der Waals surface area contributed by atoms with E-state index in [2.05, 4.69) is 22.2 Å². The number of hydrogen-bond donors (Lipinski definition) is 3. The highest BCUT2D eigenvalue weighted by Crippen LogP contribution is 2.10. The molecule has 1 aromatic rings. The van der Waals surface area contributed by atoms with E-state index in [1.165, 1.54) is 0 Å². The Morgan fingerprint density at radius 1 is 1.27 bits per heavy atom. The number of benzene rings is 1. The van der Waals surface area contributed by atoms with Crippen LogP contribution in [0.1, 0.15) is 17.3 Å². The molecule has 7 heteroatoms. The minimum atomic E-state index is -0.142. The van der Waals surface area contributed by atoms with Crippen LogP contribution in [0.5, 0.6) is 5.75 Å². The zero-order chi connectivity index (χ0) is 15.7. The second-order valence-corrected chi connectivity index (χ2v) is 4.57. The van der Waals surface area contributed by atoms with E-state index in [-0.39, 0.29) is 29.9 Å². The van der Waals surface area contributed by atoms with Gasteiger partial charge in [-0.2, -0.15) is 0 Å². The minimum Gasteiger partial charge on any atom is -0.497 e. The summed E-state index contributed by atoms with van der Waals surface area (Å²) in [4.78, 5) is 15.9. The number of nitrogens with one attached hydrogen (secondary N) is 2. The van der Waals surface area contributed by atoms with Crippen LogP contribution in [0.15, 0.2) is 41.4 Å². The Hall–Kier alpha value is -1.77. The van der Waals surface area contributed by atoms with Crippen LogP contribution in [0.4, 0.5) is 0 Å². The quantitative estimate of drug-likeness (QED) is 0.206. The summed E-state index contributed by atoms with van der Waals surface area (Å²) >= 11 is 0. The number of carbonyl (C=O) groups is 1. The first-order chi connectivity index (χ1) is 10.0. The van der Waals surface area contributed by atoms with Crippen LogP contribution in [0, 0.1) is 0 Å². The van der Waals surface area contributed by atoms with Crippen molar-refractivity contribution in [2.75, 3.05) is 26.7 Å². The van der Waals surface area contributed by atoms with Crippen molar-refractivity contribution >= 4 is 35.8 Å². The van der Waals surface area contributed by atoms with Crippen molar-refractivity contribution < 1.29 is 9.53 Å². The lowest BCUT2D eigenvalue weighted by molar-refractivity contribution is 0.0954. The van der Waals surface area contributed by atoms with Crippen molar-refractivity contribution in [3.05, 3.63) is 42.0 Å². The first-order valence-electron chi connectivity index (χ1n) is 6.63. The highest BCUT2D eigenvalue weighted by Gasteiger charge is 2.04. The first-order valence-corrected chi connectivity index (χ1v) is 6.63. The molecule has 1 aromatic carbocycles. The van der Waals surface area contributed by atoms with E-state index < -0.39 is 0 Å². The summed E-state index contributed by atoms with van der Waals surface area (Å²) < 4.78 is 5.04. The van der Waals surface area contributed by atoms with Crippen LogP contribution in [-0.2, 0) is 0 Å². The molecule has 0 saturated carbocycles. The fourth-order valence-electron chi connectivity index (χ4n) is 1.49. The summed E-state index contributed by atoms with van der Waals surface area (Å²) in [5.74, 6) is 0.920. The molecule has 0 aliphatic rings. The summed E-state index contributed by atoms with van der Waals surface area (Å²) in [6.07, 6.45) is 0. The van der Waals surface area contributed by atoms with Crippen LogP contribution in [0.25, 0.3) is 0 Å². The smallest absolute Gasteiger partial charge is 0.251 e. The predicted octanol–water partition coefficient (Wildman–Crippen LogP) is 1.52. The fraction of sp³-hybridized carbons (Fsp3) is 0.333. The van der Waals surface area contributed by atoms with Gasteiger partial charge in [-0.3, -0.25) is 4.79 Å². The largest absolute Gasteiger partial charge is 0.497 e. The molecular weight excluding hydrogens is 395 g/mol. The lowest BCUT2D eigenvalue weighted by Crippen LogP contribution is -2.38. The molecule has 0 aliphatic carbocycles. The van der Waals surface area contributed by atoms with Gasteiger partial charge in [-0.1, -0.05) is 12.2 Å². The summed E-state index contributed by atoms with van der Waals surface area (Å²) in [7, 11) is 1.58. The highest BCUT2D eigenvalue weighted by atomic mass is 127. The van der Waals surface area contributed by atoms with Gasteiger partial charge < -0.3 is 21.1 Å². The monoisotopic (exact) mass is 418 g/mol. The van der Waals surface area contributed by atoms with Gasteiger partial charge in [0.15, 0.2) is 5.96 Å². The third-order valence-corrected chi connectivity index (χ3v) is 2.59. The standard InChI is InChI=1S/C15H22N4O2.HI/c1-11(2)10-19-15(16)18-9-8-17-14(20)12-4-6-13(21-3)7-5-12;/h4-7H,1,8-10H2,2-3H3,(H,17,20)(H3,16,18,19);1H. The van der Waals surface area contributed by atoms with Gasteiger partial charge in [-0.15, -0.1) is 24.0 Å². The molecule has 0 saturated heterocycles. The molecule has 4 N–H and O–H groups in total. The molecule has 0 unspecified atom stereocenters. The molecule has 0 aromatic heterocycles. The van der Waals surface area contributed by atoms with Gasteiger partial charge in [0, 0.05) is 18.7 Å². The van der Waals surface area contributed by atoms with Crippen molar-refractivity contribution in [3.8, 4) is 5.75 Å². The van der Waals surface area contributed by atoms with Gasteiger partial charge in [0.25, 0.3) is 5.91 Å². The third-order valence-electron chi connectivity index (χ3n) is 2.59. The molecule has 122 valence electrons. The van der Waals surface area contributed by atoms with Gasteiger partial charge in [0.1, 0.15) is 5.75 Å². The van der Waals surface area contributed by atoms with Crippen LogP contribution in [0.2, 0.25) is 0 Å². The Balaban J connectivity index is 0.00000441. The Labute approximate surface area is 148 Å².